The second-order valence-electron chi connectivity index (χ2n) is 8.50. The van der Waals surface area contributed by atoms with Gasteiger partial charge in [-0.2, -0.15) is 0 Å². The second-order valence-corrected chi connectivity index (χ2v) is 8.50. The van der Waals surface area contributed by atoms with Gasteiger partial charge in [-0.1, -0.05) is 26.0 Å². The first-order chi connectivity index (χ1) is 13.3. The molecule has 2 rings (SSSR count). The molecule has 1 aliphatic heterocycles. The topological polar surface area (TPSA) is 48.9 Å². The molecule has 5 nitrogen and oxygen atoms in total. The molecular formula is C22H38FIN4O. The van der Waals surface area contributed by atoms with Crippen LogP contribution in [0.15, 0.2) is 29.3 Å². The molecule has 7 heteroatoms. The molecule has 0 amide bonds. The lowest BCUT2D eigenvalue weighted by atomic mass is 9.84. The minimum absolute atomic E-state index is 0. The summed E-state index contributed by atoms with van der Waals surface area (Å²) in [5.41, 5.74) is 0.784. The third-order valence-corrected chi connectivity index (χ3v) is 5.31. The van der Waals surface area contributed by atoms with Gasteiger partial charge in [0.2, 0.25) is 0 Å². The monoisotopic (exact) mass is 520 g/mol. The summed E-state index contributed by atoms with van der Waals surface area (Å²) in [6.45, 7) is 13.0. The fourth-order valence-electron chi connectivity index (χ4n) is 3.42. The third kappa shape index (κ3) is 9.17. The highest BCUT2D eigenvalue weighted by Gasteiger charge is 2.23. The van der Waals surface area contributed by atoms with E-state index in [-0.39, 0.29) is 35.2 Å². The van der Waals surface area contributed by atoms with Gasteiger partial charge in [-0.25, -0.2) is 4.39 Å². The zero-order chi connectivity index (χ0) is 20.6. The average Bonchev–Trinajstić information content (AvgIpc) is 2.66. The van der Waals surface area contributed by atoms with Gasteiger partial charge >= 0.3 is 0 Å². The van der Waals surface area contributed by atoms with E-state index in [0.29, 0.717) is 18.7 Å². The van der Waals surface area contributed by atoms with Gasteiger partial charge in [-0.3, -0.25) is 4.99 Å². The van der Waals surface area contributed by atoms with Gasteiger partial charge in [0.25, 0.3) is 0 Å². The number of likely N-dealkylation sites (tertiary alicyclic amines) is 1. The summed E-state index contributed by atoms with van der Waals surface area (Å²) in [5.74, 6) is 0.615. The summed E-state index contributed by atoms with van der Waals surface area (Å²) in [5, 5.41) is 6.96. The van der Waals surface area contributed by atoms with Gasteiger partial charge < -0.3 is 20.3 Å². The summed E-state index contributed by atoms with van der Waals surface area (Å²) >= 11 is 0. The molecule has 1 heterocycles. The Morgan fingerprint density at radius 1 is 1.31 bits per heavy atom. The molecule has 2 N–H and O–H groups in total. The summed E-state index contributed by atoms with van der Waals surface area (Å²) < 4.78 is 19.2. The normalized spacial score (nSPS) is 16.6. The minimum atomic E-state index is -0.196. The molecule has 1 aliphatic rings. The van der Waals surface area contributed by atoms with E-state index in [2.05, 4.69) is 48.2 Å². The number of nitrogens with zero attached hydrogens (tertiary/aromatic N) is 2. The Morgan fingerprint density at radius 2 is 2.00 bits per heavy atom. The van der Waals surface area contributed by atoms with Crippen LogP contribution < -0.4 is 10.6 Å². The van der Waals surface area contributed by atoms with Gasteiger partial charge in [-0.15, -0.1) is 24.0 Å². The maximum atomic E-state index is 13.6. The number of guanidine groups is 1. The molecule has 1 aromatic carbocycles. The summed E-state index contributed by atoms with van der Waals surface area (Å²) in [6, 6.07) is 7.25. The van der Waals surface area contributed by atoms with Crippen LogP contribution in [-0.4, -0.2) is 62.8 Å². The highest BCUT2D eigenvalue weighted by atomic mass is 127. The van der Waals surface area contributed by atoms with E-state index in [1.54, 1.807) is 19.2 Å². The highest BCUT2D eigenvalue weighted by Crippen LogP contribution is 2.22. The van der Waals surface area contributed by atoms with Crippen LogP contribution in [0, 0.1) is 5.82 Å². The van der Waals surface area contributed by atoms with E-state index >= 15 is 0 Å². The Kier molecular flexibility index (Phi) is 11.4. The van der Waals surface area contributed by atoms with Crippen LogP contribution >= 0.6 is 24.0 Å². The Labute approximate surface area is 192 Å². The van der Waals surface area contributed by atoms with Crippen LogP contribution in [0.1, 0.15) is 46.1 Å². The number of nitrogens with one attached hydrogen (secondary N) is 2. The Morgan fingerprint density at radius 3 is 2.59 bits per heavy atom. The van der Waals surface area contributed by atoms with E-state index in [9.17, 15) is 4.39 Å². The van der Waals surface area contributed by atoms with Crippen molar-refractivity contribution in [2.45, 2.75) is 58.1 Å². The number of hydrogen-bond donors (Lipinski definition) is 2. The van der Waals surface area contributed by atoms with Crippen molar-refractivity contribution < 1.29 is 9.13 Å². The fraction of sp³-hybridized carbons (Fsp3) is 0.682. The van der Waals surface area contributed by atoms with Crippen LogP contribution in [0.25, 0.3) is 0 Å². The number of hydrogen-bond acceptors (Lipinski definition) is 3. The summed E-state index contributed by atoms with van der Waals surface area (Å²) in [6.07, 6.45) is 2.48. The fourth-order valence-corrected chi connectivity index (χ4v) is 3.42. The zero-order valence-electron chi connectivity index (χ0n) is 18.5. The van der Waals surface area contributed by atoms with Crippen molar-refractivity contribution in [3.63, 3.8) is 0 Å². The molecule has 0 spiro atoms. The van der Waals surface area contributed by atoms with Crippen molar-refractivity contribution in [3.8, 4) is 0 Å². The van der Waals surface area contributed by atoms with E-state index in [4.69, 9.17) is 4.74 Å². The van der Waals surface area contributed by atoms with Crippen LogP contribution in [0.2, 0.25) is 0 Å². The van der Waals surface area contributed by atoms with Crippen molar-refractivity contribution in [3.05, 3.63) is 35.6 Å². The highest BCUT2D eigenvalue weighted by molar-refractivity contribution is 14.0. The molecule has 0 unspecified atom stereocenters. The molecule has 166 valence electrons. The van der Waals surface area contributed by atoms with Gasteiger partial charge in [0.05, 0.1) is 12.7 Å². The number of rotatable bonds is 8. The largest absolute Gasteiger partial charge is 0.377 e. The van der Waals surface area contributed by atoms with Gasteiger partial charge in [-0.05, 0) is 44.4 Å². The SMILES string of the molecule is CN=C(NCC(C)(C)c1cccc(F)c1)NC1CCN(CCOC(C)C)CC1.I. The molecule has 0 bridgehead atoms. The predicted octanol–water partition coefficient (Wildman–Crippen LogP) is 3.78. The molecule has 29 heavy (non-hydrogen) atoms. The van der Waals surface area contributed by atoms with Crippen LogP contribution in [0.5, 0.6) is 0 Å². The summed E-state index contributed by atoms with van der Waals surface area (Å²) in [7, 11) is 1.79. The number of piperidine rings is 1. The Hall–Kier alpha value is -0.930. The van der Waals surface area contributed by atoms with Crippen molar-refractivity contribution in [1.82, 2.24) is 15.5 Å². The molecule has 1 fully saturated rings. The molecule has 0 aliphatic carbocycles. The van der Waals surface area contributed by atoms with Crippen molar-refractivity contribution in [2.75, 3.05) is 39.8 Å². The molecule has 0 atom stereocenters. The lowest BCUT2D eigenvalue weighted by molar-refractivity contribution is 0.0532. The number of halogens is 2. The van der Waals surface area contributed by atoms with Crippen LogP contribution in [-0.2, 0) is 10.2 Å². The Bertz CT molecular complexity index is 631. The average molecular weight is 520 g/mol. The van der Waals surface area contributed by atoms with Gasteiger partial charge in [0, 0.05) is 44.7 Å². The first kappa shape index (κ1) is 26.1. The van der Waals surface area contributed by atoms with Crippen LogP contribution in [0.4, 0.5) is 4.39 Å². The van der Waals surface area contributed by atoms with E-state index < -0.39 is 0 Å². The maximum absolute atomic E-state index is 13.6. The standard InChI is InChI=1S/C22H37FN4O.HI/c1-17(2)28-14-13-27-11-9-20(10-12-27)26-21(24-5)25-16-22(3,4)18-7-6-8-19(23)15-18;/h6-8,15,17,20H,9-14,16H2,1-5H3,(H2,24,25,26);1H. The molecule has 0 saturated carbocycles. The number of benzene rings is 1. The zero-order valence-corrected chi connectivity index (χ0v) is 20.8. The van der Waals surface area contributed by atoms with E-state index in [0.717, 1.165) is 50.6 Å². The predicted molar refractivity (Wildman–Crippen MR) is 130 cm³/mol. The summed E-state index contributed by atoms with van der Waals surface area (Å²) in [4.78, 5) is 6.83. The smallest absolute Gasteiger partial charge is 0.191 e. The van der Waals surface area contributed by atoms with Crippen molar-refractivity contribution in [1.29, 1.82) is 0 Å². The third-order valence-electron chi connectivity index (χ3n) is 5.31. The molecule has 1 aromatic rings. The maximum Gasteiger partial charge on any atom is 0.191 e. The molecule has 1 saturated heterocycles. The molecular weight excluding hydrogens is 482 g/mol. The lowest BCUT2D eigenvalue weighted by Crippen LogP contribution is -2.50. The molecule has 0 radical (unpaired) electrons. The number of ether oxygens (including phenoxy) is 1. The van der Waals surface area contributed by atoms with E-state index in [1.807, 2.05) is 6.07 Å². The lowest BCUT2D eigenvalue weighted by Gasteiger charge is -2.34. The van der Waals surface area contributed by atoms with Gasteiger partial charge in [0.1, 0.15) is 5.82 Å². The van der Waals surface area contributed by atoms with Gasteiger partial charge in [0.15, 0.2) is 5.96 Å². The van der Waals surface area contributed by atoms with E-state index in [1.165, 1.54) is 6.07 Å². The quantitative estimate of drug-likeness (QED) is 0.311. The number of aliphatic imine (C=N–C) groups is 1. The first-order valence-electron chi connectivity index (χ1n) is 10.4. The second kappa shape index (κ2) is 12.7. The van der Waals surface area contributed by atoms with Crippen molar-refractivity contribution >= 4 is 29.9 Å². The first-order valence-corrected chi connectivity index (χ1v) is 10.4. The minimum Gasteiger partial charge on any atom is -0.377 e. The van der Waals surface area contributed by atoms with Crippen LogP contribution in [0.3, 0.4) is 0 Å². The molecule has 0 aromatic heterocycles. The van der Waals surface area contributed by atoms with Crippen molar-refractivity contribution in [2.24, 2.45) is 4.99 Å². The Balaban J connectivity index is 0.00000420.